The molecular formula is C20H20FN3O4. The number of nitrogens with zero attached hydrogens (tertiary/aromatic N) is 3. The van der Waals surface area contributed by atoms with Crippen molar-refractivity contribution in [3.63, 3.8) is 0 Å². The maximum atomic E-state index is 13.2. The molecule has 1 aromatic carbocycles. The average Bonchev–Trinajstić information content (AvgIpc) is 3.08. The molecule has 0 saturated carbocycles. The van der Waals surface area contributed by atoms with Crippen molar-refractivity contribution in [3.05, 3.63) is 47.4 Å². The van der Waals surface area contributed by atoms with E-state index in [-0.39, 0.29) is 29.6 Å². The second-order valence-corrected chi connectivity index (χ2v) is 6.15. The number of esters is 1. The monoisotopic (exact) mass is 385 g/mol. The summed E-state index contributed by atoms with van der Waals surface area (Å²) in [5, 5.41) is 4.28. The molecular weight excluding hydrogens is 365 g/mol. The molecule has 0 saturated heterocycles. The minimum Gasteiger partial charge on any atom is -0.452 e. The summed E-state index contributed by atoms with van der Waals surface area (Å²) >= 11 is 0. The third-order valence-electron chi connectivity index (χ3n) is 4.42. The van der Waals surface area contributed by atoms with Crippen LogP contribution in [0.1, 0.15) is 29.9 Å². The highest BCUT2D eigenvalue weighted by molar-refractivity contribution is 6.04. The molecule has 0 fully saturated rings. The van der Waals surface area contributed by atoms with Gasteiger partial charge in [0.1, 0.15) is 5.82 Å². The number of carbonyl (C=O) groups excluding carboxylic acids is 2. The van der Waals surface area contributed by atoms with E-state index in [0.29, 0.717) is 35.4 Å². The van der Waals surface area contributed by atoms with Gasteiger partial charge in [-0.15, -0.1) is 0 Å². The van der Waals surface area contributed by atoms with Crippen molar-refractivity contribution in [1.82, 2.24) is 15.0 Å². The summed E-state index contributed by atoms with van der Waals surface area (Å²) in [6.45, 7) is 6.09. The SMILES string of the molecule is CCN(CC)C(=O)COC(=O)c1cc(-c2ccc(F)cc2)nc2onc(C)c12. The molecule has 0 aliphatic rings. The lowest BCUT2D eigenvalue weighted by molar-refractivity contribution is -0.134. The number of likely N-dealkylation sites (N-methyl/N-ethyl adjacent to an activating group) is 1. The smallest absolute Gasteiger partial charge is 0.339 e. The van der Waals surface area contributed by atoms with Crippen molar-refractivity contribution >= 4 is 23.0 Å². The zero-order valence-corrected chi connectivity index (χ0v) is 15.9. The summed E-state index contributed by atoms with van der Waals surface area (Å²) in [6.07, 6.45) is 0. The Balaban J connectivity index is 1.94. The molecule has 0 atom stereocenters. The third kappa shape index (κ3) is 3.85. The number of halogens is 1. The van der Waals surface area contributed by atoms with Crippen LogP contribution in [-0.2, 0) is 9.53 Å². The Morgan fingerprint density at radius 3 is 2.50 bits per heavy atom. The van der Waals surface area contributed by atoms with Gasteiger partial charge in [0.25, 0.3) is 11.6 Å². The lowest BCUT2D eigenvalue weighted by Crippen LogP contribution is -2.34. The van der Waals surface area contributed by atoms with Crippen molar-refractivity contribution < 1.29 is 23.2 Å². The Bertz CT molecular complexity index is 1010. The van der Waals surface area contributed by atoms with Crippen LogP contribution < -0.4 is 0 Å². The zero-order valence-electron chi connectivity index (χ0n) is 15.9. The lowest BCUT2D eigenvalue weighted by Gasteiger charge is -2.18. The Kier molecular flexibility index (Phi) is 5.67. The topological polar surface area (TPSA) is 85.5 Å². The van der Waals surface area contributed by atoms with Crippen molar-refractivity contribution in [1.29, 1.82) is 0 Å². The second kappa shape index (κ2) is 8.16. The third-order valence-corrected chi connectivity index (χ3v) is 4.42. The number of aryl methyl sites for hydroxylation is 1. The molecule has 0 unspecified atom stereocenters. The van der Waals surface area contributed by atoms with Gasteiger partial charge in [-0.05, 0) is 51.1 Å². The van der Waals surface area contributed by atoms with Crippen LogP contribution in [0.2, 0.25) is 0 Å². The summed E-state index contributed by atoms with van der Waals surface area (Å²) < 4.78 is 23.6. The summed E-state index contributed by atoms with van der Waals surface area (Å²) in [5.74, 6) is -1.33. The summed E-state index contributed by atoms with van der Waals surface area (Å²) in [4.78, 5) is 30.7. The Hall–Kier alpha value is -3.29. The van der Waals surface area contributed by atoms with E-state index in [1.807, 2.05) is 13.8 Å². The number of ether oxygens (including phenoxy) is 1. The first-order valence-corrected chi connectivity index (χ1v) is 8.92. The van der Waals surface area contributed by atoms with Gasteiger partial charge in [-0.2, -0.15) is 0 Å². The van der Waals surface area contributed by atoms with E-state index < -0.39 is 5.97 Å². The van der Waals surface area contributed by atoms with E-state index in [2.05, 4.69) is 10.1 Å². The predicted molar refractivity (Wildman–Crippen MR) is 100 cm³/mol. The summed E-state index contributed by atoms with van der Waals surface area (Å²) in [7, 11) is 0. The fourth-order valence-electron chi connectivity index (χ4n) is 2.90. The molecule has 2 heterocycles. The quantitative estimate of drug-likeness (QED) is 0.605. The fraction of sp³-hybridized carbons (Fsp3) is 0.300. The van der Waals surface area contributed by atoms with E-state index in [9.17, 15) is 14.0 Å². The summed E-state index contributed by atoms with van der Waals surface area (Å²) in [5.41, 5.74) is 1.85. The van der Waals surface area contributed by atoms with Crippen LogP contribution >= 0.6 is 0 Å². The first-order chi connectivity index (χ1) is 13.4. The molecule has 146 valence electrons. The molecule has 28 heavy (non-hydrogen) atoms. The number of pyridine rings is 1. The number of rotatable bonds is 6. The number of amides is 1. The average molecular weight is 385 g/mol. The van der Waals surface area contributed by atoms with E-state index in [4.69, 9.17) is 9.26 Å². The molecule has 7 nitrogen and oxygen atoms in total. The van der Waals surface area contributed by atoms with Gasteiger partial charge in [0.05, 0.1) is 22.3 Å². The van der Waals surface area contributed by atoms with Gasteiger partial charge in [-0.1, -0.05) is 5.16 Å². The molecule has 1 amide bonds. The maximum Gasteiger partial charge on any atom is 0.339 e. The molecule has 0 aliphatic heterocycles. The number of aromatic nitrogens is 2. The molecule has 0 bridgehead atoms. The zero-order chi connectivity index (χ0) is 20.3. The van der Waals surface area contributed by atoms with Crippen LogP contribution in [-0.4, -0.2) is 46.6 Å². The van der Waals surface area contributed by atoms with Crippen molar-refractivity contribution in [2.75, 3.05) is 19.7 Å². The largest absolute Gasteiger partial charge is 0.452 e. The molecule has 8 heteroatoms. The lowest BCUT2D eigenvalue weighted by atomic mass is 10.1. The molecule has 0 spiro atoms. The fourth-order valence-corrected chi connectivity index (χ4v) is 2.90. The molecule has 3 rings (SSSR count). The van der Waals surface area contributed by atoms with Crippen molar-refractivity contribution in [3.8, 4) is 11.3 Å². The van der Waals surface area contributed by atoms with E-state index in [0.717, 1.165) is 0 Å². The van der Waals surface area contributed by atoms with Crippen LogP contribution in [0.4, 0.5) is 4.39 Å². The van der Waals surface area contributed by atoms with Crippen LogP contribution in [0, 0.1) is 12.7 Å². The first-order valence-electron chi connectivity index (χ1n) is 8.92. The normalized spacial score (nSPS) is 10.9. The van der Waals surface area contributed by atoms with E-state index >= 15 is 0 Å². The van der Waals surface area contributed by atoms with Gasteiger partial charge >= 0.3 is 5.97 Å². The van der Waals surface area contributed by atoms with Crippen LogP contribution in [0.3, 0.4) is 0 Å². The van der Waals surface area contributed by atoms with Gasteiger partial charge in [0, 0.05) is 18.7 Å². The van der Waals surface area contributed by atoms with Gasteiger partial charge in [0.2, 0.25) is 0 Å². The Morgan fingerprint density at radius 2 is 1.86 bits per heavy atom. The van der Waals surface area contributed by atoms with Gasteiger partial charge in [0.15, 0.2) is 6.61 Å². The Morgan fingerprint density at radius 1 is 1.18 bits per heavy atom. The van der Waals surface area contributed by atoms with Crippen molar-refractivity contribution in [2.45, 2.75) is 20.8 Å². The second-order valence-electron chi connectivity index (χ2n) is 6.15. The number of fused-ring (bicyclic) bond motifs is 1. The molecule has 2 aromatic heterocycles. The van der Waals surface area contributed by atoms with Gasteiger partial charge in [-0.3, -0.25) is 4.79 Å². The van der Waals surface area contributed by atoms with E-state index in [1.165, 1.54) is 18.2 Å². The van der Waals surface area contributed by atoms with Crippen LogP contribution in [0.5, 0.6) is 0 Å². The minimum atomic E-state index is -0.678. The summed E-state index contributed by atoms with van der Waals surface area (Å²) in [6, 6.07) is 7.22. The number of hydrogen-bond acceptors (Lipinski definition) is 6. The number of benzene rings is 1. The van der Waals surface area contributed by atoms with E-state index in [1.54, 1.807) is 24.0 Å². The highest BCUT2D eigenvalue weighted by Gasteiger charge is 2.22. The number of hydrogen-bond donors (Lipinski definition) is 0. The highest BCUT2D eigenvalue weighted by atomic mass is 19.1. The molecule has 0 radical (unpaired) electrons. The van der Waals surface area contributed by atoms with Gasteiger partial charge < -0.3 is 14.2 Å². The Labute approximate surface area is 161 Å². The maximum absolute atomic E-state index is 13.2. The highest BCUT2D eigenvalue weighted by Crippen LogP contribution is 2.27. The standard InChI is InChI=1S/C20H20FN3O4/c1-4-24(5-2)17(25)11-27-20(26)15-10-16(13-6-8-14(21)9-7-13)22-19-18(15)12(3)23-28-19/h6-10H,4-5,11H2,1-3H3. The number of carbonyl (C=O) groups is 2. The molecule has 0 N–H and O–H groups in total. The van der Waals surface area contributed by atoms with Crippen LogP contribution in [0.15, 0.2) is 34.9 Å². The van der Waals surface area contributed by atoms with Crippen LogP contribution in [0.25, 0.3) is 22.4 Å². The minimum absolute atomic E-state index is 0.168. The first kappa shape index (κ1) is 19.5. The predicted octanol–water partition coefficient (Wildman–Crippen LogP) is 3.36. The van der Waals surface area contributed by atoms with Gasteiger partial charge in [-0.25, -0.2) is 14.2 Å². The molecule has 3 aromatic rings. The molecule has 0 aliphatic carbocycles. The van der Waals surface area contributed by atoms with Crippen molar-refractivity contribution in [2.24, 2.45) is 0 Å².